The van der Waals surface area contributed by atoms with Crippen LogP contribution in [0, 0.1) is 6.92 Å². The summed E-state index contributed by atoms with van der Waals surface area (Å²) in [5.41, 5.74) is 0.725. The van der Waals surface area contributed by atoms with Crippen LogP contribution in [0.25, 0.3) is 0 Å². The number of nitrogens with one attached hydrogen (secondary N) is 1. The molecule has 0 aliphatic heterocycles. The molecule has 1 heterocycles. The Morgan fingerprint density at radius 1 is 1.41 bits per heavy atom. The first-order valence-electron chi connectivity index (χ1n) is 4.96. The predicted molar refractivity (Wildman–Crippen MR) is 67.7 cm³/mol. The van der Waals surface area contributed by atoms with Crippen molar-refractivity contribution in [1.29, 1.82) is 0 Å². The van der Waals surface area contributed by atoms with Crippen molar-refractivity contribution in [2.75, 3.05) is 31.7 Å². The molecule has 0 saturated heterocycles. The molecule has 6 nitrogen and oxygen atoms in total. The summed E-state index contributed by atoms with van der Waals surface area (Å²) in [5.74, 6) is 0.525. The van der Waals surface area contributed by atoms with E-state index in [9.17, 15) is 8.42 Å². The number of aromatic nitrogens is 2. The van der Waals surface area contributed by atoms with E-state index in [0.29, 0.717) is 5.82 Å². The van der Waals surface area contributed by atoms with Crippen LogP contribution in [0.3, 0.4) is 0 Å². The minimum absolute atomic E-state index is 0.000664. The molecule has 17 heavy (non-hydrogen) atoms. The minimum atomic E-state index is -3.19. The largest absolute Gasteiger partial charge is 0.369 e. The van der Waals surface area contributed by atoms with Gasteiger partial charge in [-0.2, -0.15) is 0 Å². The summed E-state index contributed by atoms with van der Waals surface area (Å²) in [6, 6.07) is 1.70. The van der Waals surface area contributed by atoms with Gasteiger partial charge in [0.1, 0.15) is 5.82 Å². The summed E-state index contributed by atoms with van der Waals surface area (Å²) < 4.78 is 24.2. The molecule has 0 radical (unpaired) electrons. The third-order valence-electron chi connectivity index (χ3n) is 2.05. The molecule has 0 bridgehead atoms. The molecule has 0 spiro atoms. The van der Waals surface area contributed by atoms with Gasteiger partial charge in [0.2, 0.25) is 15.3 Å². The lowest BCUT2D eigenvalue weighted by atomic mass is 10.4. The van der Waals surface area contributed by atoms with Gasteiger partial charge in [0, 0.05) is 32.4 Å². The fraction of sp³-hybridized carbons (Fsp3) is 0.556. The van der Waals surface area contributed by atoms with Crippen LogP contribution in [-0.4, -0.2) is 49.1 Å². The van der Waals surface area contributed by atoms with Crippen molar-refractivity contribution in [3.8, 4) is 0 Å². The van der Waals surface area contributed by atoms with E-state index >= 15 is 0 Å². The third kappa shape index (κ3) is 4.45. The second kappa shape index (κ2) is 5.61. The summed E-state index contributed by atoms with van der Waals surface area (Å²) in [6.07, 6.45) is 0. The monoisotopic (exact) mass is 278 g/mol. The highest BCUT2D eigenvalue weighted by molar-refractivity contribution is 7.89. The standard InChI is InChI=1S/C9H15ClN4O2S/c1-7-6-8(13-9(10)12-7)11-4-5-17(15,16)14(2)3/h6H,4-5H2,1-3H3,(H,11,12,13). The quantitative estimate of drug-likeness (QED) is 0.804. The fourth-order valence-electron chi connectivity index (χ4n) is 1.11. The zero-order valence-corrected chi connectivity index (χ0v) is 11.5. The molecule has 0 aromatic carbocycles. The Bertz CT molecular complexity index is 470. The lowest BCUT2D eigenvalue weighted by Gasteiger charge is -2.11. The maximum Gasteiger partial charge on any atom is 0.224 e. The summed E-state index contributed by atoms with van der Waals surface area (Å²) in [7, 11) is -0.192. The smallest absolute Gasteiger partial charge is 0.224 e. The molecule has 1 N–H and O–H groups in total. The Morgan fingerprint density at radius 3 is 2.59 bits per heavy atom. The highest BCUT2D eigenvalue weighted by Crippen LogP contribution is 2.09. The Balaban J connectivity index is 2.57. The van der Waals surface area contributed by atoms with E-state index in [1.807, 2.05) is 0 Å². The van der Waals surface area contributed by atoms with E-state index in [0.717, 1.165) is 5.69 Å². The molecule has 1 rings (SSSR count). The Kier molecular flexibility index (Phi) is 4.67. The minimum Gasteiger partial charge on any atom is -0.369 e. The van der Waals surface area contributed by atoms with Gasteiger partial charge in [0.05, 0.1) is 5.75 Å². The number of hydrogen-bond acceptors (Lipinski definition) is 5. The number of hydrogen-bond donors (Lipinski definition) is 1. The lowest BCUT2D eigenvalue weighted by molar-refractivity contribution is 0.521. The van der Waals surface area contributed by atoms with Gasteiger partial charge in [0.15, 0.2) is 0 Å². The average molecular weight is 279 g/mol. The van der Waals surface area contributed by atoms with Gasteiger partial charge in [-0.3, -0.25) is 0 Å². The van der Waals surface area contributed by atoms with Crippen LogP contribution in [0.2, 0.25) is 5.28 Å². The molecule has 0 amide bonds. The maximum atomic E-state index is 11.5. The molecule has 1 aromatic rings. The van der Waals surface area contributed by atoms with Crippen LogP contribution in [0.15, 0.2) is 6.07 Å². The van der Waals surface area contributed by atoms with E-state index in [1.165, 1.54) is 18.4 Å². The molecule has 0 unspecified atom stereocenters. The molecule has 0 fully saturated rings. The van der Waals surface area contributed by atoms with Gasteiger partial charge >= 0.3 is 0 Å². The van der Waals surface area contributed by atoms with Crippen LogP contribution in [-0.2, 0) is 10.0 Å². The Hall–Kier alpha value is -0.920. The second-order valence-corrected chi connectivity index (χ2v) is 6.33. The van der Waals surface area contributed by atoms with Crippen molar-refractivity contribution in [2.24, 2.45) is 0 Å². The zero-order chi connectivity index (χ0) is 13.1. The number of aryl methyl sites for hydroxylation is 1. The maximum absolute atomic E-state index is 11.5. The van der Waals surface area contributed by atoms with Crippen LogP contribution < -0.4 is 5.32 Å². The first-order chi connectivity index (χ1) is 7.81. The molecule has 0 atom stereocenters. The molecule has 8 heteroatoms. The Labute approximate surface area is 106 Å². The van der Waals surface area contributed by atoms with E-state index in [4.69, 9.17) is 11.6 Å². The van der Waals surface area contributed by atoms with Gasteiger partial charge in [-0.25, -0.2) is 22.7 Å². The lowest BCUT2D eigenvalue weighted by Crippen LogP contribution is -2.28. The van der Waals surface area contributed by atoms with Crippen molar-refractivity contribution in [1.82, 2.24) is 14.3 Å². The molecule has 1 aromatic heterocycles. The van der Waals surface area contributed by atoms with Crippen molar-refractivity contribution in [3.63, 3.8) is 0 Å². The molecule has 96 valence electrons. The van der Waals surface area contributed by atoms with Crippen LogP contribution in [0.5, 0.6) is 0 Å². The van der Waals surface area contributed by atoms with Gasteiger partial charge in [0.25, 0.3) is 0 Å². The highest BCUT2D eigenvalue weighted by Gasteiger charge is 2.12. The van der Waals surface area contributed by atoms with Gasteiger partial charge < -0.3 is 5.32 Å². The second-order valence-electron chi connectivity index (χ2n) is 3.69. The summed E-state index contributed by atoms with van der Waals surface area (Å²) >= 11 is 5.68. The number of sulfonamides is 1. The van der Waals surface area contributed by atoms with Crippen LogP contribution >= 0.6 is 11.6 Å². The van der Waals surface area contributed by atoms with Crippen molar-refractivity contribution >= 4 is 27.4 Å². The van der Waals surface area contributed by atoms with E-state index in [2.05, 4.69) is 15.3 Å². The van der Waals surface area contributed by atoms with E-state index in [-0.39, 0.29) is 17.6 Å². The van der Waals surface area contributed by atoms with Crippen molar-refractivity contribution < 1.29 is 8.42 Å². The number of anilines is 1. The van der Waals surface area contributed by atoms with Gasteiger partial charge in [-0.05, 0) is 18.5 Å². The number of nitrogens with zero attached hydrogens (tertiary/aromatic N) is 3. The van der Waals surface area contributed by atoms with Crippen molar-refractivity contribution in [3.05, 3.63) is 17.0 Å². The normalized spacial score (nSPS) is 11.8. The van der Waals surface area contributed by atoms with Crippen LogP contribution in [0.1, 0.15) is 5.69 Å². The van der Waals surface area contributed by atoms with Crippen LogP contribution in [0.4, 0.5) is 5.82 Å². The van der Waals surface area contributed by atoms with E-state index < -0.39 is 10.0 Å². The fourth-order valence-corrected chi connectivity index (χ4v) is 2.06. The first-order valence-corrected chi connectivity index (χ1v) is 6.95. The highest BCUT2D eigenvalue weighted by atomic mass is 35.5. The van der Waals surface area contributed by atoms with Gasteiger partial charge in [-0.15, -0.1) is 0 Å². The zero-order valence-electron chi connectivity index (χ0n) is 9.94. The summed E-state index contributed by atoms with van der Waals surface area (Å²) in [6.45, 7) is 2.06. The number of rotatable bonds is 5. The van der Waals surface area contributed by atoms with Gasteiger partial charge in [-0.1, -0.05) is 0 Å². The molecular weight excluding hydrogens is 264 g/mol. The SMILES string of the molecule is Cc1cc(NCCS(=O)(=O)N(C)C)nc(Cl)n1. The average Bonchev–Trinajstić information content (AvgIpc) is 2.15. The first kappa shape index (κ1) is 14.1. The topological polar surface area (TPSA) is 75.2 Å². The van der Waals surface area contributed by atoms with E-state index in [1.54, 1.807) is 13.0 Å². The molecular formula is C9H15ClN4O2S. The molecule has 0 aliphatic rings. The molecule has 0 aliphatic carbocycles. The third-order valence-corrected chi connectivity index (χ3v) is 4.05. The Morgan fingerprint density at radius 2 is 2.06 bits per heavy atom. The number of halogens is 1. The predicted octanol–water partition coefficient (Wildman–Crippen LogP) is 0.742. The molecule has 0 saturated carbocycles. The van der Waals surface area contributed by atoms with Crippen molar-refractivity contribution in [2.45, 2.75) is 6.92 Å². The summed E-state index contributed by atoms with van der Waals surface area (Å²) in [5, 5.41) is 3.04. The summed E-state index contributed by atoms with van der Waals surface area (Å²) in [4.78, 5) is 7.84.